The molecule has 0 saturated heterocycles. The van der Waals surface area contributed by atoms with Gasteiger partial charge in [-0.15, -0.1) is 0 Å². The number of allylic oxidation sites excluding steroid dienone is 26. The minimum absolute atomic E-state index is 0.152. The molecule has 0 saturated carbocycles. The van der Waals surface area contributed by atoms with E-state index in [0.29, 0.717) is 19.3 Å². The Hall–Kier alpha value is -4.97. The Morgan fingerprint density at radius 2 is 0.698 bits per heavy atom. The first-order valence-corrected chi connectivity index (χ1v) is 24.1. The van der Waals surface area contributed by atoms with Crippen molar-refractivity contribution in [2.75, 3.05) is 13.2 Å². The number of unbranched alkanes of at least 4 members (excludes halogenated alkanes) is 11. The van der Waals surface area contributed by atoms with Crippen LogP contribution in [0.2, 0.25) is 0 Å². The molecule has 0 aromatic carbocycles. The molecule has 0 heterocycles. The molecule has 0 spiro atoms. The van der Waals surface area contributed by atoms with Crippen molar-refractivity contribution in [3.63, 3.8) is 0 Å². The van der Waals surface area contributed by atoms with Gasteiger partial charge >= 0.3 is 17.9 Å². The van der Waals surface area contributed by atoms with E-state index in [-0.39, 0.29) is 44.4 Å². The molecule has 348 valence electrons. The molecule has 0 radical (unpaired) electrons. The molecular weight excluding hydrogens is 781 g/mol. The van der Waals surface area contributed by atoms with Crippen LogP contribution in [0.5, 0.6) is 0 Å². The van der Waals surface area contributed by atoms with Crippen molar-refractivity contribution in [3.05, 3.63) is 158 Å². The Labute approximate surface area is 384 Å². The molecule has 0 aliphatic rings. The lowest BCUT2D eigenvalue weighted by atomic mass is 10.1. The number of esters is 3. The van der Waals surface area contributed by atoms with Crippen LogP contribution in [0.3, 0.4) is 0 Å². The molecule has 0 amide bonds. The van der Waals surface area contributed by atoms with E-state index in [1.165, 1.54) is 44.9 Å². The fourth-order valence-corrected chi connectivity index (χ4v) is 5.68. The normalized spacial score (nSPS) is 13.5. The highest BCUT2D eigenvalue weighted by molar-refractivity contribution is 5.71. The van der Waals surface area contributed by atoms with Gasteiger partial charge < -0.3 is 14.2 Å². The number of carbonyl (C=O) groups is 3. The maximum atomic E-state index is 12.8. The minimum Gasteiger partial charge on any atom is -0.462 e. The van der Waals surface area contributed by atoms with Crippen LogP contribution in [0.25, 0.3) is 0 Å². The summed E-state index contributed by atoms with van der Waals surface area (Å²) in [6, 6.07) is 0. The van der Waals surface area contributed by atoms with Gasteiger partial charge in [0.15, 0.2) is 6.10 Å². The zero-order chi connectivity index (χ0) is 45.8. The summed E-state index contributed by atoms with van der Waals surface area (Å²) in [5.41, 5.74) is 0. The summed E-state index contributed by atoms with van der Waals surface area (Å²) in [4.78, 5) is 37.8. The Balaban J connectivity index is 4.68. The third-order valence-corrected chi connectivity index (χ3v) is 9.25. The molecule has 6 heteroatoms. The van der Waals surface area contributed by atoms with E-state index in [2.05, 4.69) is 75.5 Å². The lowest BCUT2D eigenvalue weighted by Gasteiger charge is -2.18. The average Bonchev–Trinajstić information content (AvgIpc) is 3.28. The number of hydrogen-bond acceptors (Lipinski definition) is 6. The van der Waals surface area contributed by atoms with Crippen LogP contribution >= 0.6 is 0 Å². The monoisotopic (exact) mass is 865 g/mol. The zero-order valence-corrected chi connectivity index (χ0v) is 39.5. The standard InChI is InChI=1S/C57H84O6/c1-4-7-10-13-16-19-22-25-27-28-30-32-35-38-41-44-47-50-56(59)62-53-54(52-61-55(58)49-46-43-40-37-34-31-24-21-18-15-12-9-6-3)63-57(60)51-48-45-42-39-36-33-29-26-23-20-17-14-11-8-5-2/h8-9,11-12,14-15,17-18,20-21,23-27,29-34,36-38,40-41,54H,4-7,10,13,16,19,22,28,35,39,42-53H2,1-3H3/b11-8+,12-9+,17-14+,18-15+,23-20+,24-21+,27-25+,29-26+,32-30+,34-31+,36-33+,40-37+,41-38+. The summed E-state index contributed by atoms with van der Waals surface area (Å²) in [6.07, 6.45) is 72.4. The molecule has 0 aliphatic heterocycles. The molecule has 0 aromatic heterocycles. The Morgan fingerprint density at radius 3 is 1.17 bits per heavy atom. The number of ether oxygens (including phenoxy) is 3. The molecule has 0 aliphatic carbocycles. The van der Waals surface area contributed by atoms with E-state index >= 15 is 0 Å². The van der Waals surface area contributed by atoms with Gasteiger partial charge in [-0.2, -0.15) is 0 Å². The molecule has 6 nitrogen and oxygen atoms in total. The zero-order valence-electron chi connectivity index (χ0n) is 39.5. The Kier molecular flexibility index (Phi) is 45.8. The summed E-state index contributed by atoms with van der Waals surface area (Å²) in [5, 5.41) is 0. The summed E-state index contributed by atoms with van der Waals surface area (Å²) in [5.74, 6) is -1.14. The fourth-order valence-electron chi connectivity index (χ4n) is 5.68. The quantitative estimate of drug-likeness (QED) is 0.0201. The highest BCUT2D eigenvalue weighted by Crippen LogP contribution is 2.10. The van der Waals surface area contributed by atoms with E-state index in [1.807, 2.05) is 103 Å². The summed E-state index contributed by atoms with van der Waals surface area (Å²) in [6.45, 7) is 6.15. The number of hydrogen-bond donors (Lipinski definition) is 0. The third kappa shape index (κ3) is 47.9. The van der Waals surface area contributed by atoms with Crippen LogP contribution in [0.1, 0.15) is 162 Å². The fraction of sp³-hybridized carbons (Fsp3) is 0.491. The second kappa shape index (κ2) is 49.7. The number of rotatable bonds is 40. The maximum absolute atomic E-state index is 12.8. The smallest absolute Gasteiger partial charge is 0.306 e. The summed E-state index contributed by atoms with van der Waals surface area (Å²) in [7, 11) is 0. The molecule has 0 N–H and O–H groups in total. The van der Waals surface area contributed by atoms with Gasteiger partial charge in [0.1, 0.15) is 13.2 Å². The van der Waals surface area contributed by atoms with Crippen LogP contribution in [0.4, 0.5) is 0 Å². The van der Waals surface area contributed by atoms with Gasteiger partial charge in [0.25, 0.3) is 0 Å². The minimum atomic E-state index is -0.856. The van der Waals surface area contributed by atoms with Gasteiger partial charge in [-0.3, -0.25) is 14.4 Å². The Morgan fingerprint density at radius 1 is 0.349 bits per heavy atom. The Bertz CT molecular complexity index is 1510. The van der Waals surface area contributed by atoms with E-state index in [1.54, 1.807) is 0 Å². The molecule has 1 atom stereocenters. The first-order chi connectivity index (χ1) is 31.0. The lowest BCUT2D eigenvalue weighted by molar-refractivity contribution is -0.167. The third-order valence-electron chi connectivity index (χ3n) is 9.25. The van der Waals surface area contributed by atoms with Crippen molar-refractivity contribution in [3.8, 4) is 0 Å². The molecule has 0 aromatic rings. The molecular formula is C57H84O6. The molecule has 0 bridgehead atoms. The van der Waals surface area contributed by atoms with Crippen molar-refractivity contribution in [1.82, 2.24) is 0 Å². The van der Waals surface area contributed by atoms with Crippen molar-refractivity contribution >= 4 is 17.9 Å². The van der Waals surface area contributed by atoms with Crippen molar-refractivity contribution in [2.24, 2.45) is 0 Å². The second-order valence-electron chi connectivity index (χ2n) is 15.1. The maximum Gasteiger partial charge on any atom is 0.306 e. The van der Waals surface area contributed by atoms with Gasteiger partial charge in [0, 0.05) is 19.3 Å². The second-order valence-corrected chi connectivity index (χ2v) is 15.1. The molecule has 0 rings (SSSR count). The van der Waals surface area contributed by atoms with E-state index in [4.69, 9.17) is 14.2 Å². The average molecular weight is 865 g/mol. The van der Waals surface area contributed by atoms with Crippen LogP contribution in [0.15, 0.2) is 158 Å². The van der Waals surface area contributed by atoms with Gasteiger partial charge in [-0.25, -0.2) is 0 Å². The molecule has 0 fully saturated rings. The van der Waals surface area contributed by atoms with Gasteiger partial charge in [0.05, 0.1) is 0 Å². The summed E-state index contributed by atoms with van der Waals surface area (Å²) < 4.78 is 16.6. The first-order valence-electron chi connectivity index (χ1n) is 24.1. The molecule has 1 unspecified atom stereocenters. The topological polar surface area (TPSA) is 78.9 Å². The summed E-state index contributed by atoms with van der Waals surface area (Å²) >= 11 is 0. The predicted octanol–water partition coefficient (Wildman–Crippen LogP) is 15.9. The van der Waals surface area contributed by atoms with Crippen LogP contribution in [-0.2, 0) is 28.6 Å². The van der Waals surface area contributed by atoms with E-state index < -0.39 is 12.1 Å². The van der Waals surface area contributed by atoms with E-state index in [0.717, 1.165) is 57.8 Å². The van der Waals surface area contributed by atoms with Gasteiger partial charge in [-0.05, 0) is 83.5 Å². The van der Waals surface area contributed by atoms with Gasteiger partial charge in [-0.1, -0.05) is 217 Å². The molecule has 63 heavy (non-hydrogen) atoms. The van der Waals surface area contributed by atoms with Crippen molar-refractivity contribution in [2.45, 2.75) is 168 Å². The highest BCUT2D eigenvalue weighted by atomic mass is 16.6. The predicted molar refractivity (Wildman–Crippen MR) is 269 cm³/mol. The SMILES string of the molecule is CC/C=C/C=C/C=C/C=C/C=C/CCCCCC(=O)OC(COC(=O)CCC/C=C/C=C/C=C/C=C/C=C/CC)COC(=O)CCC/C=C/C/C=C/C/C=C/CCCCCCCC. The van der Waals surface area contributed by atoms with Crippen LogP contribution in [0, 0.1) is 0 Å². The largest absolute Gasteiger partial charge is 0.462 e. The van der Waals surface area contributed by atoms with Gasteiger partial charge in [0.2, 0.25) is 0 Å². The van der Waals surface area contributed by atoms with Crippen molar-refractivity contribution < 1.29 is 28.6 Å². The van der Waals surface area contributed by atoms with Crippen LogP contribution < -0.4 is 0 Å². The highest BCUT2D eigenvalue weighted by Gasteiger charge is 2.19. The number of carbonyl (C=O) groups excluding carboxylic acids is 3. The van der Waals surface area contributed by atoms with E-state index in [9.17, 15) is 14.4 Å². The van der Waals surface area contributed by atoms with Crippen LogP contribution in [-0.4, -0.2) is 37.2 Å². The van der Waals surface area contributed by atoms with Crippen molar-refractivity contribution in [1.29, 1.82) is 0 Å². The lowest BCUT2D eigenvalue weighted by Crippen LogP contribution is -2.30. The first kappa shape index (κ1) is 58.0.